The van der Waals surface area contributed by atoms with Crippen LogP contribution in [-0.2, 0) is 9.53 Å². The maximum absolute atomic E-state index is 12.6. The fourth-order valence-corrected chi connectivity index (χ4v) is 5.45. The fraction of sp³-hybridized carbons (Fsp3) is 0.708. The Morgan fingerprint density at radius 2 is 1.70 bits per heavy atom. The number of rotatable bonds is 6. The molecule has 0 spiro atoms. The van der Waals surface area contributed by atoms with E-state index in [4.69, 9.17) is 9.47 Å². The first-order valence-electron chi connectivity index (χ1n) is 11.9. The van der Waals surface area contributed by atoms with Gasteiger partial charge in [-0.15, -0.1) is 0 Å². The number of anilines is 1. The lowest BCUT2D eigenvalue weighted by Gasteiger charge is -2.44. The topological polar surface area (TPSA) is 45.3 Å². The molecule has 4 fully saturated rings. The molecule has 3 saturated heterocycles. The highest BCUT2D eigenvalue weighted by Crippen LogP contribution is 2.33. The lowest BCUT2D eigenvalue weighted by Crippen LogP contribution is -2.50. The molecule has 0 aromatic heterocycles. The molecule has 0 radical (unpaired) electrons. The second-order valence-corrected chi connectivity index (χ2v) is 9.32. The maximum Gasteiger partial charge on any atom is 0.227 e. The van der Waals surface area contributed by atoms with Crippen molar-refractivity contribution in [2.24, 2.45) is 0 Å². The third-order valence-electron chi connectivity index (χ3n) is 7.29. The van der Waals surface area contributed by atoms with E-state index in [2.05, 4.69) is 21.9 Å². The normalized spacial score (nSPS) is 31.0. The minimum Gasteiger partial charge on any atom is -0.490 e. The van der Waals surface area contributed by atoms with Crippen molar-refractivity contribution in [1.29, 1.82) is 0 Å². The van der Waals surface area contributed by atoms with Crippen LogP contribution in [0.2, 0.25) is 0 Å². The molecule has 0 N–H and O–H groups in total. The Kier molecular flexibility index (Phi) is 6.25. The van der Waals surface area contributed by atoms with Gasteiger partial charge in [0.15, 0.2) is 0 Å². The number of hydrogen-bond donors (Lipinski definition) is 0. The van der Waals surface area contributed by atoms with Gasteiger partial charge in [0, 0.05) is 50.6 Å². The molecule has 0 bridgehead atoms. The first-order valence-corrected chi connectivity index (χ1v) is 11.9. The van der Waals surface area contributed by atoms with Gasteiger partial charge in [-0.1, -0.05) is 6.42 Å². The highest BCUT2D eigenvalue weighted by molar-refractivity contribution is 5.96. The van der Waals surface area contributed by atoms with Crippen LogP contribution in [0.15, 0.2) is 24.3 Å². The molecule has 1 saturated carbocycles. The molecule has 3 heterocycles. The maximum atomic E-state index is 12.6. The summed E-state index contributed by atoms with van der Waals surface area (Å²) in [5.41, 5.74) is 1.00. The number of ether oxygens (including phenoxy) is 2. The van der Waals surface area contributed by atoms with Gasteiger partial charge in [0.05, 0.1) is 19.3 Å². The highest BCUT2D eigenvalue weighted by atomic mass is 16.5. The van der Waals surface area contributed by atoms with Crippen molar-refractivity contribution < 1.29 is 14.3 Å². The second kappa shape index (κ2) is 9.25. The average Bonchev–Trinajstić information content (AvgIpc) is 3.12. The van der Waals surface area contributed by atoms with Gasteiger partial charge in [-0.2, -0.15) is 0 Å². The van der Waals surface area contributed by atoms with E-state index in [1.807, 2.05) is 17.0 Å². The largest absolute Gasteiger partial charge is 0.490 e. The summed E-state index contributed by atoms with van der Waals surface area (Å²) < 4.78 is 11.7. The lowest BCUT2D eigenvalue weighted by atomic mass is 9.86. The van der Waals surface area contributed by atoms with Gasteiger partial charge < -0.3 is 19.3 Å². The molecule has 3 aliphatic heterocycles. The summed E-state index contributed by atoms with van der Waals surface area (Å²) in [6.45, 7) is 6.99. The van der Waals surface area contributed by atoms with E-state index in [0.717, 1.165) is 69.6 Å². The molecule has 1 amide bonds. The van der Waals surface area contributed by atoms with Crippen molar-refractivity contribution in [3.8, 4) is 5.75 Å². The number of carbonyl (C=O) groups is 1. The number of nitrogens with zero attached hydrogens (tertiary/aromatic N) is 3. The Morgan fingerprint density at radius 3 is 2.43 bits per heavy atom. The van der Waals surface area contributed by atoms with Crippen LogP contribution in [0.4, 0.5) is 5.69 Å². The van der Waals surface area contributed by atoms with Crippen LogP contribution in [0.5, 0.6) is 5.75 Å². The van der Waals surface area contributed by atoms with Crippen molar-refractivity contribution in [2.75, 3.05) is 50.8 Å². The van der Waals surface area contributed by atoms with E-state index < -0.39 is 0 Å². The van der Waals surface area contributed by atoms with Gasteiger partial charge in [-0.25, -0.2) is 0 Å². The first-order chi connectivity index (χ1) is 14.8. The summed E-state index contributed by atoms with van der Waals surface area (Å²) in [6.07, 6.45) is 8.31. The second-order valence-electron chi connectivity index (χ2n) is 9.32. The number of benzene rings is 1. The molecule has 6 nitrogen and oxygen atoms in total. The van der Waals surface area contributed by atoms with E-state index in [1.54, 1.807) is 0 Å². The van der Waals surface area contributed by atoms with E-state index in [1.165, 1.54) is 32.4 Å². The molecule has 4 aliphatic rings. The number of likely N-dealkylation sites (tertiary alicyclic amines) is 1. The monoisotopic (exact) mass is 413 g/mol. The van der Waals surface area contributed by atoms with Gasteiger partial charge in [0.1, 0.15) is 11.9 Å². The minimum atomic E-state index is 0.241. The molecular formula is C24H35N3O3. The van der Waals surface area contributed by atoms with Gasteiger partial charge >= 0.3 is 0 Å². The van der Waals surface area contributed by atoms with Gasteiger partial charge in [-0.3, -0.25) is 9.69 Å². The molecule has 5 rings (SSSR count). The average molecular weight is 414 g/mol. The molecule has 1 atom stereocenters. The SMILES string of the molecule is O=C1CC[C@@H](CN2CCOCC2)N1c1ccc(OC2CC(N3CCCCC3)C2)cc1. The van der Waals surface area contributed by atoms with Crippen molar-refractivity contribution in [2.45, 2.75) is 63.1 Å². The molecule has 1 aromatic rings. The summed E-state index contributed by atoms with van der Waals surface area (Å²) in [5.74, 6) is 1.17. The van der Waals surface area contributed by atoms with Crippen LogP contribution in [-0.4, -0.2) is 79.8 Å². The third-order valence-corrected chi connectivity index (χ3v) is 7.29. The Bertz CT molecular complexity index is 707. The van der Waals surface area contributed by atoms with Gasteiger partial charge in [-0.05, 0) is 56.6 Å². The zero-order valence-corrected chi connectivity index (χ0v) is 18.0. The van der Waals surface area contributed by atoms with Crippen molar-refractivity contribution in [3.05, 3.63) is 24.3 Å². The van der Waals surface area contributed by atoms with Crippen LogP contribution in [0.25, 0.3) is 0 Å². The van der Waals surface area contributed by atoms with Gasteiger partial charge in [0.25, 0.3) is 0 Å². The summed E-state index contributed by atoms with van der Waals surface area (Å²) in [6, 6.07) is 9.19. The minimum absolute atomic E-state index is 0.241. The molecular weight excluding hydrogens is 378 g/mol. The Morgan fingerprint density at radius 1 is 0.967 bits per heavy atom. The van der Waals surface area contributed by atoms with E-state index >= 15 is 0 Å². The number of amides is 1. The van der Waals surface area contributed by atoms with Gasteiger partial charge in [0.2, 0.25) is 5.91 Å². The summed E-state index contributed by atoms with van der Waals surface area (Å²) in [7, 11) is 0. The predicted octanol–water partition coefficient (Wildman–Crippen LogP) is 2.91. The number of carbonyl (C=O) groups excluding carboxylic acids is 1. The van der Waals surface area contributed by atoms with Crippen molar-refractivity contribution in [1.82, 2.24) is 9.80 Å². The number of piperidine rings is 1. The van der Waals surface area contributed by atoms with Crippen molar-refractivity contribution >= 4 is 11.6 Å². The van der Waals surface area contributed by atoms with Crippen LogP contribution >= 0.6 is 0 Å². The summed E-state index contributed by atoms with van der Waals surface area (Å²) in [4.78, 5) is 19.7. The molecule has 1 aromatic carbocycles. The molecule has 1 aliphatic carbocycles. The zero-order valence-electron chi connectivity index (χ0n) is 18.0. The Hall–Kier alpha value is -1.63. The van der Waals surface area contributed by atoms with E-state index in [0.29, 0.717) is 12.5 Å². The first kappa shape index (κ1) is 20.3. The van der Waals surface area contributed by atoms with Crippen molar-refractivity contribution in [3.63, 3.8) is 0 Å². The highest BCUT2D eigenvalue weighted by Gasteiger charge is 2.36. The molecule has 164 valence electrons. The van der Waals surface area contributed by atoms with E-state index in [-0.39, 0.29) is 11.9 Å². The Labute approximate surface area is 180 Å². The van der Waals surface area contributed by atoms with Crippen LogP contribution in [0, 0.1) is 0 Å². The summed E-state index contributed by atoms with van der Waals surface area (Å²) >= 11 is 0. The van der Waals surface area contributed by atoms with Crippen LogP contribution in [0.3, 0.4) is 0 Å². The van der Waals surface area contributed by atoms with Crippen LogP contribution in [0.1, 0.15) is 44.9 Å². The quantitative estimate of drug-likeness (QED) is 0.718. The third kappa shape index (κ3) is 4.51. The Balaban J connectivity index is 1.15. The molecule has 30 heavy (non-hydrogen) atoms. The standard InChI is InChI=1S/C24H35N3O3/c28-24-9-6-20(18-25-12-14-29-15-13-25)27(24)19-4-7-22(8-5-19)30-23-16-21(17-23)26-10-2-1-3-11-26/h4-5,7-8,20-21,23H,1-3,6,9-18H2/t20-,21?,23?/m0/s1. The molecule has 0 unspecified atom stereocenters. The lowest BCUT2D eigenvalue weighted by molar-refractivity contribution is -0.117. The fourth-order valence-electron chi connectivity index (χ4n) is 5.45. The predicted molar refractivity (Wildman–Crippen MR) is 117 cm³/mol. The number of hydrogen-bond acceptors (Lipinski definition) is 5. The number of morpholine rings is 1. The van der Waals surface area contributed by atoms with Crippen LogP contribution < -0.4 is 9.64 Å². The summed E-state index contributed by atoms with van der Waals surface area (Å²) in [5, 5.41) is 0. The zero-order chi connectivity index (χ0) is 20.3. The smallest absolute Gasteiger partial charge is 0.227 e. The molecule has 6 heteroatoms. The van der Waals surface area contributed by atoms with E-state index in [9.17, 15) is 4.79 Å².